The van der Waals surface area contributed by atoms with Crippen LogP contribution >= 0.6 is 0 Å². The molecule has 15 heavy (non-hydrogen) atoms. The monoisotopic (exact) mass is 204 g/mol. The summed E-state index contributed by atoms with van der Waals surface area (Å²) in [5, 5.41) is 2.88. The number of carbonyl (C=O) groups is 1. The molecule has 3 N–H and O–H groups in total. The van der Waals surface area contributed by atoms with E-state index in [0.29, 0.717) is 13.0 Å². The minimum absolute atomic E-state index is 0.0545. The van der Waals surface area contributed by atoms with E-state index < -0.39 is 0 Å². The average Bonchev–Trinajstić information content (AvgIpc) is 2.95. The van der Waals surface area contributed by atoms with Crippen molar-refractivity contribution in [2.75, 3.05) is 0 Å². The lowest BCUT2D eigenvalue weighted by atomic mass is 10.2. The van der Waals surface area contributed by atoms with Gasteiger partial charge in [-0.3, -0.25) is 4.79 Å². The van der Waals surface area contributed by atoms with E-state index in [1.54, 1.807) is 0 Å². The van der Waals surface area contributed by atoms with Crippen LogP contribution in [0.2, 0.25) is 0 Å². The molecule has 0 atom stereocenters. The van der Waals surface area contributed by atoms with Gasteiger partial charge in [0.1, 0.15) is 0 Å². The van der Waals surface area contributed by atoms with Gasteiger partial charge in [0, 0.05) is 18.5 Å². The molecule has 0 saturated heterocycles. The molecule has 0 heterocycles. The fourth-order valence-electron chi connectivity index (χ4n) is 1.52. The van der Waals surface area contributed by atoms with Gasteiger partial charge in [-0.2, -0.15) is 0 Å². The maximum atomic E-state index is 11.5. The maximum absolute atomic E-state index is 11.5. The first-order valence-electron chi connectivity index (χ1n) is 5.27. The van der Waals surface area contributed by atoms with Gasteiger partial charge in [0.25, 0.3) is 0 Å². The third-order valence-corrected chi connectivity index (χ3v) is 2.74. The Morgan fingerprint density at radius 2 is 2.00 bits per heavy atom. The highest BCUT2D eigenvalue weighted by atomic mass is 16.1. The summed E-state index contributed by atoms with van der Waals surface area (Å²) < 4.78 is 0. The molecule has 3 nitrogen and oxygen atoms in total. The molecule has 0 spiro atoms. The first kappa shape index (κ1) is 10.2. The zero-order valence-corrected chi connectivity index (χ0v) is 8.70. The van der Waals surface area contributed by atoms with E-state index in [9.17, 15) is 4.79 Å². The van der Waals surface area contributed by atoms with Crippen molar-refractivity contribution < 1.29 is 4.79 Å². The Kier molecular flexibility index (Phi) is 2.73. The molecule has 0 aromatic heterocycles. The Morgan fingerprint density at radius 3 is 2.60 bits per heavy atom. The van der Waals surface area contributed by atoms with E-state index in [1.807, 2.05) is 30.3 Å². The molecule has 1 saturated carbocycles. The minimum Gasteiger partial charge on any atom is -0.352 e. The summed E-state index contributed by atoms with van der Waals surface area (Å²) >= 11 is 0. The molecule has 0 aliphatic heterocycles. The van der Waals surface area contributed by atoms with Crippen molar-refractivity contribution in [3.63, 3.8) is 0 Å². The summed E-state index contributed by atoms with van der Waals surface area (Å²) in [5.41, 5.74) is 6.78. The number of hydrogen-bond acceptors (Lipinski definition) is 2. The molecule has 0 radical (unpaired) electrons. The van der Waals surface area contributed by atoms with Crippen LogP contribution in [0, 0.1) is 0 Å². The van der Waals surface area contributed by atoms with Crippen LogP contribution in [0.1, 0.15) is 24.8 Å². The van der Waals surface area contributed by atoms with Crippen LogP contribution < -0.4 is 11.1 Å². The predicted molar refractivity (Wildman–Crippen MR) is 59.1 cm³/mol. The third kappa shape index (κ3) is 3.06. The number of amides is 1. The van der Waals surface area contributed by atoms with Gasteiger partial charge in [0.05, 0.1) is 0 Å². The second-order valence-electron chi connectivity index (χ2n) is 4.30. The summed E-state index contributed by atoms with van der Waals surface area (Å²) in [6, 6.07) is 9.88. The quantitative estimate of drug-likeness (QED) is 0.774. The van der Waals surface area contributed by atoms with Gasteiger partial charge in [0.2, 0.25) is 5.91 Å². The normalized spacial score (nSPS) is 17.1. The highest BCUT2D eigenvalue weighted by molar-refractivity contribution is 5.77. The smallest absolute Gasteiger partial charge is 0.222 e. The van der Waals surface area contributed by atoms with Gasteiger partial charge >= 0.3 is 0 Å². The van der Waals surface area contributed by atoms with Crippen LogP contribution in [-0.2, 0) is 11.3 Å². The molecule has 1 aromatic carbocycles. The molecular weight excluding hydrogens is 188 g/mol. The Morgan fingerprint density at radius 1 is 1.33 bits per heavy atom. The Balaban J connectivity index is 1.76. The fourth-order valence-corrected chi connectivity index (χ4v) is 1.52. The number of carbonyl (C=O) groups excluding carboxylic acids is 1. The molecule has 1 fully saturated rings. The van der Waals surface area contributed by atoms with E-state index in [1.165, 1.54) is 0 Å². The largest absolute Gasteiger partial charge is 0.352 e. The summed E-state index contributed by atoms with van der Waals surface area (Å²) in [6.45, 7) is 0.593. The highest BCUT2D eigenvalue weighted by Crippen LogP contribution is 2.35. The maximum Gasteiger partial charge on any atom is 0.222 e. The first-order chi connectivity index (χ1) is 7.18. The lowest BCUT2D eigenvalue weighted by Gasteiger charge is -2.09. The standard InChI is InChI=1S/C12H16N2O/c13-12(6-7-12)8-11(15)14-9-10-4-2-1-3-5-10/h1-5H,6-9,13H2,(H,14,15). The number of nitrogens with one attached hydrogen (secondary N) is 1. The summed E-state index contributed by atoms with van der Waals surface area (Å²) in [4.78, 5) is 11.5. The lowest BCUT2D eigenvalue weighted by Crippen LogP contribution is -2.32. The first-order valence-corrected chi connectivity index (χ1v) is 5.27. The van der Waals surface area contributed by atoms with Crippen LogP contribution in [0.25, 0.3) is 0 Å². The molecule has 1 aliphatic rings. The Hall–Kier alpha value is -1.35. The number of rotatable bonds is 4. The Labute approximate surface area is 89.7 Å². The summed E-state index contributed by atoms with van der Waals surface area (Å²) in [5.74, 6) is 0.0545. The van der Waals surface area contributed by atoms with Gasteiger partial charge in [0.15, 0.2) is 0 Å². The van der Waals surface area contributed by atoms with Gasteiger partial charge in [-0.25, -0.2) is 0 Å². The van der Waals surface area contributed by atoms with Crippen molar-refractivity contribution in [2.24, 2.45) is 5.73 Å². The molecule has 0 bridgehead atoms. The molecule has 1 aromatic rings. The highest BCUT2D eigenvalue weighted by Gasteiger charge is 2.39. The van der Waals surface area contributed by atoms with Crippen LogP contribution in [0.5, 0.6) is 0 Å². The SMILES string of the molecule is NC1(CC(=O)NCc2ccccc2)CC1. The van der Waals surface area contributed by atoms with Crippen molar-refractivity contribution in [2.45, 2.75) is 31.3 Å². The minimum atomic E-state index is -0.194. The van der Waals surface area contributed by atoms with Crippen molar-refractivity contribution in [3.8, 4) is 0 Å². The predicted octanol–water partition coefficient (Wildman–Crippen LogP) is 1.18. The van der Waals surface area contributed by atoms with Crippen molar-refractivity contribution in [1.29, 1.82) is 0 Å². The van der Waals surface area contributed by atoms with Gasteiger partial charge in [-0.1, -0.05) is 30.3 Å². The average molecular weight is 204 g/mol. The Bertz CT molecular complexity index is 344. The molecule has 3 heteroatoms. The molecular formula is C12H16N2O. The molecule has 2 rings (SSSR count). The van der Waals surface area contributed by atoms with Crippen LogP contribution in [0.3, 0.4) is 0 Å². The number of hydrogen-bond donors (Lipinski definition) is 2. The second kappa shape index (κ2) is 4.03. The summed E-state index contributed by atoms with van der Waals surface area (Å²) in [6.07, 6.45) is 2.41. The van der Waals surface area contributed by atoms with Crippen molar-refractivity contribution in [1.82, 2.24) is 5.32 Å². The van der Waals surface area contributed by atoms with E-state index in [4.69, 9.17) is 5.73 Å². The van der Waals surface area contributed by atoms with Gasteiger partial charge < -0.3 is 11.1 Å². The molecule has 1 amide bonds. The molecule has 80 valence electrons. The van der Waals surface area contributed by atoms with Crippen molar-refractivity contribution in [3.05, 3.63) is 35.9 Å². The van der Waals surface area contributed by atoms with E-state index in [0.717, 1.165) is 18.4 Å². The van der Waals surface area contributed by atoms with Gasteiger partial charge in [-0.05, 0) is 18.4 Å². The van der Waals surface area contributed by atoms with E-state index in [-0.39, 0.29) is 11.4 Å². The van der Waals surface area contributed by atoms with Crippen molar-refractivity contribution >= 4 is 5.91 Å². The van der Waals surface area contributed by atoms with E-state index >= 15 is 0 Å². The van der Waals surface area contributed by atoms with Crippen LogP contribution in [0.15, 0.2) is 30.3 Å². The van der Waals surface area contributed by atoms with Crippen LogP contribution in [-0.4, -0.2) is 11.4 Å². The zero-order valence-electron chi connectivity index (χ0n) is 8.70. The second-order valence-corrected chi connectivity index (χ2v) is 4.30. The summed E-state index contributed by atoms with van der Waals surface area (Å²) in [7, 11) is 0. The van der Waals surface area contributed by atoms with E-state index in [2.05, 4.69) is 5.32 Å². The number of nitrogens with two attached hydrogens (primary N) is 1. The lowest BCUT2D eigenvalue weighted by molar-refractivity contribution is -0.121. The molecule has 0 unspecified atom stereocenters. The topological polar surface area (TPSA) is 55.1 Å². The van der Waals surface area contributed by atoms with Crippen LogP contribution in [0.4, 0.5) is 0 Å². The zero-order chi connectivity index (χ0) is 10.7. The van der Waals surface area contributed by atoms with Gasteiger partial charge in [-0.15, -0.1) is 0 Å². The number of benzene rings is 1. The fraction of sp³-hybridized carbons (Fsp3) is 0.417. The third-order valence-electron chi connectivity index (χ3n) is 2.74. The molecule has 1 aliphatic carbocycles.